The van der Waals surface area contributed by atoms with Gasteiger partial charge < -0.3 is 5.32 Å². The zero-order valence-corrected chi connectivity index (χ0v) is 11.4. The lowest BCUT2D eigenvalue weighted by Gasteiger charge is -2.10. The first kappa shape index (κ1) is 13.3. The Morgan fingerprint density at radius 3 is 2.74 bits per heavy atom. The summed E-state index contributed by atoms with van der Waals surface area (Å²) in [6.07, 6.45) is 6.07. The molecule has 1 N–H and O–H groups in total. The molecule has 0 aliphatic rings. The molecule has 0 aliphatic heterocycles. The minimum atomic E-state index is 0.00979. The molecule has 100 valence electrons. The molecule has 0 aromatic carbocycles. The highest BCUT2D eigenvalue weighted by atomic mass is 16.1. The van der Waals surface area contributed by atoms with Gasteiger partial charge in [0.15, 0.2) is 0 Å². The van der Waals surface area contributed by atoms with Crippen LogP contribution in [0, 0.1) is 12.8 Å². The summed E-state index contributed by atoms with van der Waals surface area (Å²) in [5.41, 5.74) is 0.715. The largest absolute Gasteiger partial charge is 0.324 e. The Kier molecular flexibility index (Phi) is 3.94. The molecule has 0 aliphatic carbocycles. The average Bonchev–Trinajstić information content (AvgIpc) is 2.85. The molecule has 0 saturated heterocycles. The van der Waals surface area contributed by atoms with Crippen LogP contribution < -0.4 is 5.32 Å². The van der Waals surface area contributed by atoms with Crippen molar-refractivity contribution in [1.82, 2.24) is 14.5 Å². The minimum absolute atomic E-state index is 0.00979. The van der Waals surface area contributed by atoms with Crippen LogP contribution in [0.1, 0.15) is 26.1 Å². The van der Waals surface area contributed by atoms with Gasteiger partial charge in [-0.3, -0.25) is 9.36 Å². The van der Waals surface area contributed by atoms with Gasteiger partial charge in [0, 0.05) is 18.3 Å². The summed E-state index contributed by atoms with van der Waals surface area (Å²) < 4.78 is 1.89. The molecule has 2 rings (SSSR count). The third-order valence-electron chi connectivity index (χ3n) is 3.15. The number of hydrogen-bond acceptors (Lipinski definition) is 3. The number of pyridine rings is 1. The first-order valence-corrected chi connectivity index (χ1v) is 6.39. The van der Waals surface area contributed by atoms with Crippen LogP contribution in [-0.4, -0.2) is 20.4 Å². The highest BCUT2D eigenvalue weighted by Crippen LogP contribution is 2.13. The van der Waals surface area contributed by atoms with Crippen LogP contribution in [0.15, 0.2) is 30.7 Å². The zero-order chi connectivity index (χ0) is 13.8. The fourth-order valence-corrected chi connectivity index (χ4v) is 1.67. The molecule has 0 spiro atoms. The highest BCUT2D eigenvalue weighted by molar-refractivity contribution is 5.92. The van der Waals surface area contributed by atoms with E-state index in [1.165, 1.54) is 0 Å². The van der Waals surface area contributed by atoms with E-state index in [-0.39, 0.29) is 11.8 Å². The SMILES string of the molecule is CC[C@H](C)C(=O)Nc1ccc(-n2ccnc2C)nc1. The Hall–Kier alpha value is -2.17. The monoisotopic (exact) mass is 258 g/mol. The lowest BCUT2D eigenvalue weighted by Crippen LogP contribution is -2.19. The van der Waals surface area contributed by atoms with Crippen molar-refractivity contribution in [2.45, 2.75) is 27.2 Å². The predicted molar refractivity (Wildman–Crippen MR) is 74.2 cm³/mol. The first-order valence-electron chi connectivity index (χ1n) is 6.39. The van der Waals surface area contributed by atoms with E-state index in [0.29, 0.717) is 5.69 Å². The van der Waals surface area contributed by atoms with Gasteiger partial charge in [-0.2, -0.15) is 0 Å². The van der Waals surface area contributed by atoms with Crippen molar-refractivity contribution in [3.05, 3.63) is 36.5 Å². The molecule has 0 saturated carbocycles. The van der Waals surface area contributed by atoms with Crippen LogP contribution in [-0.2, 0) is 4.79 Å². The van der Waals surface area contributed by atoms with Crippen LogP contribution in [0.2, 0.25) is 0 Å². The molecule has 19 heavy (non-hydrogen) atoms. The van der Waals surface area contributed by atoms with Crippen molar-refractivity contribution in [3.8, 4) is 5.82 Å². The molecule has 1 atom stereocenters. The standard InChI is InChI=1S/C14H18N4O/c1-4-10(2)14(19)17-12-5-6-13(16-9-12)18-8-7-15-11(18)3/h5-10H,4H2,1-3H3,(H,17,19)/t10-/m0/s1. The number of anilines is 1. The second-order valence-electron chi connectivity index (χ2n) is 4.55. The molecule has 1 amide bonds. The molecular weight excluding hydrogens is 240 g/mol. The number of imidazole rings is 1. The van der Waals surface area contributed by atoms with E-state index in [4.69, 9.17) is 0 Å². The number of nitrogens with zero attached hydrogens (tertiary/aromatic N) is 3. The van der Waals surface area contributed by atoms with Gasteiger partial charge >= 0.3 is 0 Å². The van der Waals surface area contributed by atoms with E-state index in [9.17, 15) is 4.79 Å². The van der Waals surface area contributed by atoms with Crippen LogP contribution in [0.25, 0.3) is 5.82 Å². The Balaban J connectivity index is 2.11. The van der Waals surface area contributed by atoms with Gasteiger partial charge in [-0.15, -0.1) is 0 Å². The molecular formula is C14H18N4O. The summed E-state index contributed by atoms with van der Waals surface area (Å²) in [4.78, 5) is 20.2. The van der Waals surface area contributed by atoms with E-state index in [1.807, 2.05) is 43.7 Å². The van der Waals surface area contributed by atoms with E-state index in [0.717, 1.165) is 18.1 Å². The van der Waals surface area contributed by atoms with Crippen LogP contribution in [0.5, 0.6) is 0 Å². The number of carbonyl (C=O) groups excluding carboxylic acids is 1. The maximum absolute atomic E-state index is 11.8. The number of rotatable bonds is 4. The summed E-state index contributed by atoms with van der Waals surface area (Å²) in [5.74, 6) is 1.70. The molecule has 2 heterocycles. The number of aryl methyl sites for hydroxylation is 1. The van der Waals surface area contributed by atoms with Crippen molar-refractivity contribution >= 4 is 11.6 Å². The number of aromatic nitrogens is 3. The predicted octanol–water partition coefficient (Wildman–Crippen LogP) is 2.56. The summed E-state index contributed by atoms with van der Waals surface area (Å²) in [7, 11) is 0. The normalized spacial score (nSPS) is 12.2. The summed E-state index contributed by atoms with van der Waals surface area (Å²) >= 11 is 0. The second-order valence-corrected chi connectivity index (χ2v) is 4.55. The maximum Gasteiger partial charge on any atom is 0.227 e. The third kappa shape index (κ3) is 2.99. The molecule has 0 bridgehead atoms. The maximum atomic E-state index is 11.8. The van der Waals surface area contributed by atoms with Gasteiger partial charge in [0.2, 0.25) is 5.91 Å². The first-order chi connectivity index (χ1) is 9.11. The van der Waals surface area contributed by atoms with E-state index in [2.05, 4.69) is 15.3 Å². The fourth-order valence-electron chi connectivity index (χ4n) is 1.67. The van der Waals surface area contributed by atoms with Crippen LogP contribution in [0.4, 0.5) is 5.69 Å². The van der Waals surface area contributed by atoms with E-state index in [1.54, 1.807) is 12.4 Å². The number of amides is 1. The molecule has 5 nitrogen and oxygen atoms in total. The minimum Gasteiger partial charge on any atom is -0.324 e. The molecule has 0 radical (unpaired) electrons. The van der Waals surface area contributed by atoms with E-state index >= 15 is 0 Å². The van der Waals surface area contributed by atoms with Gasteiger partial charge in [-0.1, -0.05) is 13.8 Å². The summed E-state index contributed by atoms with van der Waals surface area (Å²) in [5, 5.41) is 2.85. The van der Waals surface area contributed by atoms with Crippen LogP contribution in [0.3, 0.4) is 0 Å². The van der Waals surface area contributed by atoms with Crippen molar-refractivity contribution < 1.29 is 4.79 Å². The van der Waals surface area contributed by atoms with Gasteiger partial charge in [-0.05, 0) is 25.5 Å². The Morgan fingerprint density at radius 1 is 1.42 bits per heavy atom. The van der Waals surface area contributed by atoms with Crippen molar-refractivity contribution in [3.63, 3.8) is 0 Å². The van der Waals surface area contributed by atoms with Gasteiger partial charge in [0.25, 0.3) is 0 Å². The number of carbonyl (C=O) groups is 1. The van der Waals surface area contributed by atoms with Crippen molar-refractivity contribution in [1.29, 1.82) is 0 Å². The Labute approximate surface area is 112 Å². The molecule has 2 aromatic heterocycles. The highest BCUT2D eigenvalue weighted by Gasteiger charge is 2.10. The fraction of sp³-hybridized carbons (Fsp3) is 0.357. The molecule has 0 fully saturated rings. The lowest BCUT2D eigenvalue weighted by atomic mass is 10.1. The van der Waals surface area contributed by atoms with Crippen LogP contribution >= 0.6 is 0 Å². The second kappa shape index (κ2) is 5.65. The lowest BCUT2D eigenvalue weighted by molar-refractivity contribution is -0.119. The van der Waals surface area contributed by atoms with Crippen molar-refractivity contribution in [2.75, 3.05) is 5.32 Å². The topological polar surface area (TPSA) is 59.8 Å². The Bertz CT molecular complexity index is 559. The average molecular weight is 258 g/mol. The van der Waals surface area contributed by atoms with Gasteiger partial charge in [0.1, 0.15) is 11.6 Å². The quantitative estimate of drug-likeness (QED) is 0.916. The summed E-state index contributed by atoms with van der Waals surface area (Å²) in [6.45, 7) is 5.82. The van der Waals surface area contributed by atoms with Gasteiger partial charge in [0.05, 0.1) is 11.9 Å². The summed E-state index contributed by atoms with van der Waals surface area (Å²) in [6, 6.07) is 3.71. The molecule has 0 unspecified atom stereocenters. The van der Waals surface area contributed by atoms with Gasteiger partial charge in [-0.25, -0.2) is 9.97 Å². The third-order valence-corrected chi connectivity index (χ3v) is 3.15. The number of nitrogens with one attached hydrogen (secondary N) is 1. The van der Waals surface area contributed by atoms with E-state index < -0.39 is 0 Å². The smallest absolute Gasteiger partial charge is 0.227 e. The zero-order valence-electron chi connectivity index (χ0n) is 11.4. The molecule has 2 aromatic rings. The van der Waals surface area contributed by atoms with Crippen molar-refractivity contribution in [2.24, 2.45) is 5.92 Å². The number of hydrogen-bond donors (Lipinski definition) is 1. The Morgan fingerprint density at radius 2 is 2.21 bits per heavy atom. The molecule has 5 heteroatoms.